The van der Waals surface area contributed by atoms with Crippen molar-refractivity contribution in [3.63, 3.8) is 0 Å². The van der Waals surface area contributed by atoms with Crippen LogP contribution < -0.4 is 0 Å². The van der Waals surface area contributed by atoms with E-state index in [4.69, 9.17) is 0 Å². The van der Waals surface area contributed by atoms with E-state index in [9.17, 15) is 0 Å². The van der Waals surface area contributed by atoms with E-state index in [0.717, 1.165) is 0 Å². The van der Waals surface area contributed by atoms with Crippen LogP contribution in [0.15, 0.2) is 12.1 Å². The van der Waals surface area contributed by atoms with Gasteiger partial charge >= 0.3 is 0 Å². The predicted octanol–water partition coefficient (Wildman–Crippen LogP) is 6.85. The summed E-state index contributed by atoms with van der Waals surface area (Å²) in [6.07, 6.45) is 13.4. The maximum atomic E-state index is 2.51. The third kappa shape index (κ3) is 6.60. The van der Waals surface area contributed by atoms with E-state index in [1.807, 2.05) is 0 Å². The first kappa shape index (κ1) is 18.0. The fourth-order valence-corrected chi connectivity index (χ4v) is 3.45. The molecule has 0 aliphatic carbocycles. The highest BCUT2D eigenvalue weighted by molar-refractivity contribution is 14.1. The van der Waals surface area contributed by atoms with Crippen molar-refractivity contribution >= 4 is 22.6 Å². The first-order valence-electron chi connectivity index (χ1n) is 8.47. The van der Waals surface area contributed by atoms with Crippen LogP contribution in [0.4, 0.5) is 0 Å². The van der Waals surface area contributed by atoms with Crippen molar-refractivity contribution < 1.29 is 0 Å². The van der Waals surface area contributed by atoms with Crippen LogP contribution in [-0.4, -0.2) is 0 Å². The Hall–Kier alpha value is -0.0500. The highest BCUT2D eigenvalue weighted by atomic mass is 127. The van der Waals surface area contributed by atoms with Crippen LogP contribution in [0.1, 0.15) is 81.9 Å². The summed E-state index contributed by atoms with van der Waals surface area (Å²) in [4.78, 5) is 0. The Balaban J connectivity index is 2.56. The lowest BCUT2D eigenvalue weighted by atomic mass is 9.97. The van der Waals surface area contributed by atoms with E-state index < -0.39 is 0 Å². The van der Waals surface area contributed by atoms with E-state index >= 15 is 0 Å². The Morgan fingerprint density at radius 3 is 2.00 bits per heavy atom. The molecule has 0 atom stereocenters. The first-order chi connectivity index (χ1) is 9.69. The molecule has 1 aromatic rings. The highest BCUT2D eigenvalue weighted by Crippen LogP contribution is 2.22. The largest absolute Gasteiger partial charge is 0.0654 e. The van der Waals surface area contributed by atoms with Crippen LogP contribution in [0.3, 0.4) is 0 Å². The zero-order valence-electron chi connectivity index (χ0n) is 13.6. The average molecular weight is 386 g/mol. The van der Waals surface area contributed by atoms with Crippen molar-refractivity contribution in [1.29, 1.82) is 0 Å². The zero-order chi connectivity index (χ0) is 14.8. The quantitative estimate of drug-likeness (QED) is 0.305. The van der Waals surface area contributed by atoms with E-state index in [0.29, 0.717) is 0 Å². The normalized spacial score (nSPS) is 11.0. The van der Waals surface area contributed by atoms with Crippen molar-refractivity contribution in [2.45, 2.75) is 85.0 Å². The summed E-state index contributed by atoms with van der Waals surface area (Å²) in [5, 5.41) is 0. The molecule has 0 spiro atoms. The number of unbranched alkanes of at least 4 members (excludes halogenated alkanes) is 6. The van der Waals surface area contributed by atoms with Crippen LogP contribution in [0.25, 0.3) is 0 Å². The lowest BCUT2D eigenvalue weighted by molar-refractivity contribution is 0.660. The Morgan fingerprint density at radius 2 is 1.40 bits per heavy atom. The van der Waals surface area contributed by atoms with E-state index in [2.05, 4.69) is 55.5 Å². The Labute approximate surface area is 139 Å². The monoisotopic (exact) mass is 386 g/mol. The lowest BCUT2D eigenvalue weighted by Gasteiger charge is -2.11. The molecule has 0 heterocycles. The average Bonchev–Trinajstić information content (AvgIpc) is 2.44. The molecule has 20 heavy (non-hydrogen) atoms. The van der Waals surface area contributed by atoms with Crippen molar-refractivity contribution in [3.05, 3.63) is 32.4 Å². The van der Waals surface area contributed by atoms with Gasteiger partial charge in [-0.1, -0.05) is 58.4 Å². The maximum absolute atomic E-state index is 2.51. The van der Waals surface area contributed by atoms with Crippen LogP contribution in [0.5, 0.6) is 0 Å². The molecule has 0 saturated carbocycles. The van der Waals surface area contributed by atoms with Crippen LogP contribution in [0, 0.1) is 10.5 Å². The molecule has 0 aliphatic heterocycles. The van der Waals surface area contributed by atoms with Gasteiger partial charge in [-0.3, -0.25) is 0 Å². The molecule has 0 amide bonds. The van der Waals surface area contributed by atoms with Crippen LogP contribution in [-0.2, 0) is 12.8 Å². The SMILES string of the molecule is CCCCCCc1cc(I)c(C)c(CCCCCC)c1. The zero-order valence-corrected chi connectivity index (χ0v) is 15.8. The molecule has 0 aromatic heterocycles. The van der Waals surface area contributed by atoms with E-state index in [-0.39, 0.29) is 0 Å². The topological polar surface area (TPSA) is 0 Å². The van der Waals surface area contributed by atoms with Gasteiger partial charge in [0.05, 0.1) is 0 Å². The minimum atomic E-state index is 1.26. The molecule has 0 bridgehead atoms. The number of halogens is 1. The van der Waals surface area contributed by atoms with Gasteiger partial charge in [0.25, 0.3) is 0 Å². The van der Waals surface area contributed by atoms with Crippen LogP contribution in [0.2, 0.25) is 0 Å². The number of benzene rings is 1. The van der Waals surface area contributed by atoms with Crippen LogP contribution >= 0.6 is 22.6 Å². The molecule has 0 N–H and O–H groups in total. The summed E-state index contributed by atoms with van der Waals surface area (Å²) in [6, 6.07) is 4.88. The molecule has 0 nitrogen and oxygen atoms in total. The summed E-state index contributed by atoms with van der Waals surface area (Å²) in [5.41, 5.74) is 4.67. The van der Waals surface area contributed by atoms with Gasteiger partial charge in [-0.05, 0) is 78.0 Å². The first-order valence-corrected chi connectivity index (χ1v) is 9.54. The summed E-state index contributed by atoms with van der Waals surface area (Å²) in [6.45, 7) is 6.85. The number of rotatable bonds is 10. The second-order valence-electron chi connectivity index (χ2n) is 5.98. The fourth-order valence-electron chi connectivity index (χ4n) is 2.70. The molecule has 0 saturated heterocycles. The van der Waals surface area contributed by atoms with Gasteiger partial charge in [0, 0.05) is 3.57 Å². The molecule has 0 aliphatic rings. The highest BCUT2D eigenvalue weighted by Gasteiger charge is 2.05. The third-order valence-corrected chi connectivity index (χ3v) is 5.25. The number of hydrogen-bond acceptors (Lipinski definition) is 0. The minimum absolute atomic E-state index is 1.26. The van der Waals surface area contributed by atoms with E-state index in [1.54, 1.807) is 11.1 Å². The molecule has 1 heteroatoms. The molecule has 0 fully saturated rings. The van der Waals surface area contributed by atoms with Crippen molar-refractivity contribution in [2.75, 3.05) is 0 Å². The second kappa shape index (κ2) is 10.6. The number of hydrogen-bond donors (Lipinski definition) is 0. The molecule has 114 valence electrons. The summed E-state index contributed by atoms with van der Waals surface area (Å²) in [5.74, 6) is 0. The lowest BCUT2D eigenvalue weighted by Crippen LogP contribution is -1.97. The second-order valence-corrected chi connectivity index (χ2v) is 7.15. The van der Waals surface area contributed by atoms with Gasteiger partial charge in [-0.25, -0.2) is 0 Å². The summed E-state index contributed by atoms with van der Waals surface area (Å²) >= 11 is 2.51. The molecular weight excluding hydrogens is 355 g/mol. The molecule has 0 unspecified atom stereocenters. The maximum Gasteiger partial charge on any atom is 0.0165 e. The summed E-state index contributed by atoms with van der Waals surface area (Å²) < 4.78 is 1.46. The van der Waals surface area contributed by atoms with Crippen molar-refractivity contribution in [2.24, 2.45) is 0 Å². The Bertz CT molecular complexity index is 382. The molecule has 1 aromatic carbocycles. The third-order valence-electron chi connectivity index (χ3n) is 4.13. The Kier molecular flexibility index (Phi) is 9.58. The van der Waals surface area contributed by atoms with Gasteiger partial charge in [0.1, 0.15) is 0 Å². The molecule has 1 rings (SSSR count). The smallest absolute Gasteiger partial charge is 0.0165 e. The van der Waals surface area contributed by atoms with Gasteiger partial charge in [-0.2, -0.15) is 0 Å². The molecular formula is C19H31I. The molecule has 0 radical (unpaired) electrons. The Morgan fingerprint density at radius 1 is 0.800 bits per heavy atom. The van der Waals surface area contributed by atoms with Gasteiger partial charge in [0.15, 0.2) is 0 Å². The summed E-state index contributed by atoms with van der Waals surface area (Å²) in [7, 11) is 0. The van der Waals surface area contributed by atoms with Crippen molar-refractivity contribution in [1.82, 2.24) is 0 Å². The predicted molar refractivity (Wildman–Crippen MR) is 99.6 cm³/mol. The van der Waals surface area contributed by atoms with Crippen molar-refractivity contribution in [3.8, 4) is 0 Å². The minimum Gasteiger partial charge on any atom is -0.0654 e. The van der Waals surface area contributed by atoms with Gasteiger partial charge in [-0.15, -0.1) is 0 Å². The van der Waals surface area contributed by atoms with Gasteiger partial charge < -0.3 is 0 Å². The van der Waals surface area contributed by atoms with Gasteiger partial charge in [0.2, 0.25) is 0 Å². The number of aryl methyl sites for hydroxylation is 2. The van der Waals surface area contributed by atoms with E-state index in [1.165, 1.54) is 73.3 Å². The fraction of sp³-hybridized carbons (Fsp3) is 0.684. The standard InChI is InChI=1S/C19H31I/c1-4-6-8-10-12-17-14-18(13-11-9-7-5-2)16(3)19(20)15-17/h14-15H,4-13H2,1-3H3.